The molecule has 20 rings (SSSR count). The summed E-state index contributed by atoms with van der Waals surface area (Å²) < 4.78 is 41.7. The van der Waals surface area contributed by atoms with Crippen molar-refractivity contribution in [2.24, 2.45) is 0 Å². The van der Waals surface area contributed by atoms with Crippen molar-refractivity contribution in [1.29, 1.82) is 0 Å². The highest BCUT2D eigenvalue weighted by Crippen LogP contribution is 2.39. The quantitative estimate of drug-likeness (QED) is 0.0704. The van der Waals surface area contributed by atoms with Gasteiger partial charge in [0.15, 0.2) is 16.8 Å². The van der Waals surface area contributed by atoms with Gasteiger partial charge in [0, 0.05) is 140 Å². The molecule has 4 N–H and O–H groups in total. The minimum absolute atomic E-state index is 0.00996. The Labute approximate surface area is 770 Å². The van der Waals surface area contributed by atoms with E-state index in [-0.39, 0.29) is 40.2 Å². The molecular formula is C107H88Cl2F2N16O5. The number of amides is 4. The number of aromatic nitrogens is 12. The van der Waals surface area contributed by atoms with Crippen molar-refractivity contribution in [3.05, 3.63) is 405 Å². The molecule has 1 fully saturated rings. The van der Waals surface area contributed by atoms with Crippen LogP contribution in [-0.4, -0.2) is 94.3 Å². The number of carbonyl (C=O) groups is 4. The number of hydrogen-bond acceptors (Lipinski definition) is 13. The van der Waals surface area contributed by atoms with Gasteiger partial charge in [-0.2, -0.15) is 0 Å². The van der Waals surface area contributed by atoms with Crippen molar-refractivity contribution in [2.45, 2.75) is 74.7 Å². The summed E-state index contributed by atoms with van der Waals surface area (Å²) in [4.78, 5) is 88.3. The summed E-state index contributed by atoms with van der Waals surface area (Å²) in [5.41, 5.74) is 25.3. The molecule has 0 spiro atoms. The number of ether oxygens (including phenoxy) is 1. The molecule has 7 aromatic carbocycles. The molecule has 1 aliphatic heterocycles. The second-order valence-electron chi connectivity index (χ2n) is 32.4. The highest BCUT2D eigenvalue weighted by atomic mass is 35.5. The highest BCUT2D eigenvalue weighted by molar-refractivity contribution is 6.34. The number of imidazole rings is 4. The van der Waals surface area contributed by atoms with Gasteiger partial charge in [-0.3, -0.25) is 52.3 Å². The van der Waals surface area contributed by atoms with Crippen LogP contribution in [0.3, 0.4) is 0 Å². The maximum atomic E-state index is 14.5. The Morgan fingerprint density at radius 1 is 0.348 bits per heavy atom. The van der Waals surface area contributed by atoms with E-state index < -0.39 is 11.6 Å². The van der Waals surface area contributed by atoms with E-state index in [4.69, 9.17) is 32.9 Å². The number of nitrogens with one attached hydrogen (secondary N) is 4. The van der Waals surface area contributed by atoms with E-state index in [2.05, 4.69) is 90.1 Å². The lowest BCUT2D eigenvalue weighted by molar-refractivity contribution is 0.101. The number of aryl methyl sites for hydroxylation is 9. The molecule has 13 heterocycles. The zero-order chi connectivity index (χ0) is 92.0. The largest absolute Gasteiger partial charge is 0.381 e. The SMILES string of the molecule is Cc1ccc(NC(=O)c2cc(-c3cccn4c(-c5cccc(C)c5)ncc34)cnc2C)cc1.Cc1ccc(NC(=O)c2cc(-c3cccn4c(-c5cccc(F)c5F)nc(Cl)c34)cnc2C)cc1.Cc1ccc(NC(=O)c2cc(-c3cccn4c(-c5ccccc5Cl)ncc34)cnc2C)cc1.Cc1ccc(NC(=O)c2cc(-c3cccn4c(C5CCOC5)ncc34)cnc2C)cc1. The van der Waals surface area contributed by atoms with Gasteiger partial charge in [0.2, 0.25) is 0 Å². The van der Waals surface area contributed by atoms with Crippen molar-refractivity contribution in [3.8, 4) is 78.7 Å². The van der Waals surface area contributed by atoms with E-state index in [1.165, 1.54) is 17.7 Å². The Bertz CT molecular complexity index is 7620. The number of hydrogen-bond donors (Lipinski definition) is 4. The minimum atomic E-state index is -1.01. The first kappa shape index (κ1) is 88.2. The van der Waals surface area contributed by atoms with Crippen LogP contribution < -0.4 is 21.3 Å². The molecule has 1 unspecified atom stereocenters. The van der Waals surface area contributed by atoms with Gasteiger partial charge in [0.1, 0.15) is 23.3 Å². The summed E-state index contributed by atoms with van der Waals surface area (Å²) in [7, 11) is 0. The fourth-order valence-corrected chi connectivity index (χ4v) is 16.4. The summed E-state index contributed by atoms with van der Waals surface area (Å²) in [6.45, 7) is 18.9. The average Bonchev–Trinajstić information content (AvgIpc) is 1.61. The molecule has 654 valence electrons. The second-order valence-corrected chi connectivity index (χ2v) is 33.2. The molecule has 0 aliphatic carbocycles. The second kappa shape index (κ2) is 38.6. The fraction of sp³-hybridized carbons (Fsp3) is 0.121. The normalized spacial score (nSPS) is 12.2. The number of carbonyl (C=O) groups excluding carboxylic acids is 4. The molecule has 25 heteroatoms. The van der Waals surface area contributed by atoms with Crippen LogP contribution in [0.15, 0.2) is 305 Å². The Morgan fingerprint density at radius 2 is 0.727 bits per heavy atom. The van der Waals surface area contributed by atoms with Crippen LogP contribution in [0.5, 0.6) is 0 Å². The van der Waals surface area contributed by atoms with Crippen LogP contribution in [-0.2, 0) is 4.74 Å². The molecule has 12 aromatic heterocycles. The first-order chi connectivity index (χ1) is 63.9. The lowest BCUT2D eigenvalue weighted by Crippen LogP contribution is -2.14. The number of nitrogens with zero attached hydrogens (tertiary/aromatic N) is 12. The molecule has 0 bridgehead atoms. The van der Waals surface area contributed by atoms with E-state index in [1.807, 2.05) is 290 Å². The molecule has 4 amide bonds. The fourth-order valence-electron chi connectivity index (χ4n) is 15.9. The van der Waals surface area contributed by atoms with Crippen LogP contribution in [0, 0.1) is 73.9 Å². The van der Waals surface area contributed by atoms with E-state index in [0.717, 1.165) is 137 Å². The van der Waals surface area contributed by atoms with Crippen molar-refractivity contribution < 1.29 is 32.7 Å². The van der Waals surface area contributed by atoms with Crippen molar-refractivity contribution in [2.75, 3.05) is 34.5 Å². The Kier molecular flexibility index (Phi) is 25.8. The Morgan fingerprint density at radius 3 is 1.17 bits per heavy atom. The van der Waals surface area contributed by atoms with Crippen LogP contribution in [0.4, 0.5) is 31.5 Å². The molecule has 132 heavy (non-hydrogen) atoms. The summed E-state index contributed by atoms with van der Waals surface area (Å²) in [6, 6.07) is 73.6. The number of benzene rings is 7. The lowest BCUT2D eigenvalue weighted by Gasteiger charge is -2.12. The smallest absolute Gasteiger partial charge is 0.257 e. The van der Waals surface area contributed by atoms with Crippen LogP contribution in [0.2, 0.25) is 10.2 Å². The van der Waals surface area contributed by atoms with Gasteiger partial charge in [0.05, 0.1) is 103 Å². The van der Waals surface area contributed by atoms with Gasteiger partial charge in [-0.25, -0.2) is 28.7 Å². The molecule has 0 radical (unpaired) electrons. The Hall–Kier alpha value is -15.8. The van der Waals surface area contributed by atoms with Crippen LogP contribution in [0.1, 0.15) is 110 Å². The Balaban J connectivity index is 0.000000123. The summed E-state index contributed by atoms with van der Waals surface area (Å²) in [5.74, 6) is 0.330. The van der Waals surface area contributed by atoms with Gasteiger partial charge in [-0.05, 0) is 196 Å². The first-order valence-electron chi connectivity index (χ1n) is 42.7. The van der Waals surface area contributed by atoms with Gasteiger partial charge < -0.3 is 30.4 Å². The summed E-state index contributed by atoms with van der Waals surface area (Å²) >= 11 is 12.9. The number of halogens is 4. The number of anilines is 4. The zero-order valence-electron chi connectivity index (χ0n) is 73.5. The monoisotopic (exact) mass is 1780 g/mol. The maximum absolute atomic E-state index is 14.5. The third kappa shape index (κ3) is 19.0. The van der Waals surface area contributed by atoms with Gasteiger partial charge in [0.25, 0.3) is 23.6 Å². The molecule has 19 aromatic rings. The van der Waals surface area contributed by atoms with E-state index in [0.29, 0.717) is 84.9 Å². The third-order valence-electron chi connectivity index (χ3n) is 23.0. The number of rotatable bonds is 16. The standard InChI is InChI=1S/C28H24N4O.C27H19ClF2N4O.C27H21ClN4O.C25H24N4O2/c1-18-9-11-23(12-10-18)31-28(33)25-15-22(16-29-20(25)3)24-8-5-13-32-26(24)17-30-27(32)21-7-4-6-19(2)14-21;1-15-8-10-18(11-9-15)32-27(35)21-13-17(14-31-16(21)2)19-6-4-12-34-24(19)25(28)33-26(34)20-5-3-7-22(29)23(20)30;1-17-9-11-20(12-10-17)31-27(33)23-14-19(15-29-18(23)2)21-7-5-13-32-25(21)16-30-26(32)22-6-3-4-8-24(22)28;1-16-5-7-20(8-6-16)28-25(30)22-12-19(13-26-17(22)2)21-4-3-10-29-23(21)14-27-24(29)18-9-11-31-15-18/h4-17H,1-3H3,(H,31,33);3-14H,1-2H3,(H,32,35);3-16H,1-2H3,(H,31,33);3-8,10,12-14,18H,9,11,15H2,1-2H3,(H,28,30). The maximum Gasteiger partial charge on any atom is 0.257 e. The van der Waals surface area contributed by atoms with Crippen molar-refractivity contribution >= 4 is 91.6 Å². The van der Waals surface area contributed by atoms with Crippen LogP contribution >= 0.6 is 23.2 Å². The summed E-state index contributed by atoms with van der Waals surface area (Å²) in [6.07, 6.45) is 21.3. The average molecular weight is 1790 g/mol. The topological polar surface area (TPSA) is 246 Å². The van der Waals surface area contributed by atoms with Crippen molar-refractivity contribution in [3.63, 3.8) is 0 Å². The van der Waals surface area contributed by atoms with E-state index in [1.54, 1.807) is 42.0 Å². The molecule has 1 aliphatic rings. The lowest BCUT2D eigenvalue weighted by atomic mass is 10.0. The summed E-state index contributed by atoms with van der Waals surface area (Å²) in [5, 5.41) is 12.6. The first-order valence-corrected chi connectivity index (χ1v) is 43.5. The number of fused-ring (bicyclic) bond motifs is 4. The minimum Gasteiger partial charge on any atom is -0.381 e. The van der Waals surface area contributed by atoms with Crippen molar-refractivity contribution in [1.82, 2.24) is 57.5 Å². The van der Waals surface area contributed by atoms with E-state index >= 15 is 0 Å². The van der Waals surface area contributed by atoms with Gasteiger partial charge in [-0.1, -0.05) is 160 Å². The third-order valence-corrected chi connectivity index (χ3v) is 23.6. The predicted molar refractivity (Wildman–Crippen MR) is 518 cm³/mol. The number of pyridine rings is 8. The molecule has 21 nitrogen and oxygen atoms in total. The zero-order valence-corrected chi connectivity index (χ0v) is 75.0. The predicted octanol–water partition coefficient (Wildman–Crippen LogP) is 24.5. The molecule has 1 saturated heterocycles. The van der Waals surface area contributed by atoms with E-state index in [9.17, 15) is 28.0 Å². The molecule has 0 saturated carbocycles. The molecule has 1 atom stereocenters. The van der Waals surface area contributed by atoms with Crippen LogP contribution in [0.25, 0.3) is 101 Å². The highest BCUT2D eigenvalue weighted by Gasteiger charge is 2.27. The van der Waals surface area contributed by atoms with Gasteiger partial charge in [-0.15, -0.1) is 0 Å². The van der Waals surface area contributed by atoms with Gasteiger partial charge >= 0.3 is 0 Å². The molecular weight excluding hydrogens is 1700 g/mol.